The van der Waals surface area contributed by atoms with Gasteiger partial charge in [0.15, 0.2) is 0 Å². The van der Waals surface area contributed by atoms with Gasteiger partial charge in [-0.25, -0.2) is 0 Å². The first-order valence-electron chi connectivity index (χ1n) is 4.09. The number of aryl methyl sites for hydroxylation is 1. The van der Waals surface area contributed by atoms with Crippen LogP contribution < -0.4 is 5.56 Å². The van der Waals surface area contributed by atoms with Gasteiger partial charge in [0.2, 0.25) is 0 Å². The van der Waals surface area contributed by atoms with Crippen molar-refractivity contribution in [2.24, 2.45) is 0 Å². The van der Waals surface area contributed by atoms with Crippen LogP contribution in [0.25, 0.3) is 0 Å². The molecule has 5 nitrogen and oxygen atoms in total. The molecule has 0 aliphatic heterocycles. The molecule has 2 aromatic rings. The van der Waals surface area contributed by atoms with E-state index in [4.69, 9.17) is 0 Å². The van der Waals surface area contributed by atoms with E-state index in [0.29, 0.717) is 9.78 Å². The van der Waals surface area contributed by atoms with E-state index in [1.165, 1.54) is 12.1 Å². The molecule has 0 bridgehead atoms. The van der Waals surface area contributed by atoms with Gasteiger partial charge in [-0.3, -0.25) is 9.89 Å². The molecule has 0 fully saturated rings. The topological polar surface area (TPSA) is 71.9 Å². The number of hydrogen-bond donors (Lipinski definition) is 1. The molecule has 0 amide bonds. The highest BCUT2D eigenvalue weighted by molar-refractivity contribution is 7.91. The zero-order valence-corrected chi connectivity index (χ0v) is 9.43. The molecular formula is C8H8N2O3S2. The summed E-state index contributed by atoms with van der Waals surface area (Å²) < 4.78 is 24.5. The molecule has 0 saturated heterocycles. The van der Waals surface area contributed by atoms with Gasteiger partial charge in [-0.1, -0.05) is 6.07 Å². The SMILES string of the molecule is Cc1cc(=O)n(S(=O)(=O)c2cccs2)[nH]1. The van der Waals surface area contributed by atoms with Crippen molar-refractivity contribution in [1.29, 1.82) is 0 Å². The molecule has 0 saturated carbocycles. The molecule has 2 rings (SSSR count). The number of aromatic amines is 1. The number of nitrogens with one attached hydrogen (secondary N) is 1. The van der Waals surface area contributed by atoms with E-state index in [-0.39, 0.29) is 4.21 Å². The van der Waals surface area contributed by atoms with Crippen LogP contribution in [0.2, 0.25) is 0 Å². The third-order valence-corrected chi connectivity index (χ3v) is 4.79. The monoisotopic (exact) mass is 244 g/mol. The molecular weight excluding hydrogens is 236 g/mol. The number of rotatable bonds is 2. The Morgan fingerprint density at radius 1 is 1.47 bits per heavy atom. The Labute approximate surface area is 90.0 Å². The minimum atomic E-state index is -3.74. The molecule has 0 radical (unpaired) electrons. The van der Waals surface area contributed by atoms with Crippen LogP contribution in [0.15, 0.2) is 32.6 Å². The molecule has 80 valence electrons. The molecule has 15 heavy (non-hydrogen) atoms. The van der Waals surface area contributed by atoms with Gasteiger partial charge in [0, 0.05) is 11.8 Å². The summed E-state index contributed by atoms with van der Waals surface area (Å²) in [5, 5.41) is 4.14. The molecule has 0 spiro atoms. The second-order valence-electron chi connectivity index (χ2n) is 2.98. The summed E-state index contributed by atoms with van der Waals surface area (Å²) in [4.78, 5) is 11.3. The lowest BCUT2D eigenvalue weighted by Gasteiger charge is -2.00. The van der Waals surface area contributed by atoms with E-state index in [9.17, 15) is 13.2 Å². The number of thiophene rings is 1. The molecule has 0 atom stereocenters. The fourth-order valence-electron chi connectivity index (χ4n) is 1.17. The smallest absolute Gasteiger partial charge is 0.286 e. The molecule has 7 heteroatoms. The van der Waals surface area contributed by atoms with E-state index in [2.05, 4.69) is 5.10 Å². The molecule has 0 aliphatic rings. The van der Waals surface area contributed by atoms with Gasteiger partial charge in [-0.15, -0.1) is 15.4 Å². The predicted molar refractivity (Wildman–Crippen MR) is 56.7 cm³/mol. The van der Waals surface area contributed by atoms with Crippen molar-refractivity contribution in [1.82, 2.24) is 9.19 Å². The van der Waals surface area contributed by atoms with Crippen molar-refractivity contribution >= 4 is 21.4 Å². The lowest BCUT2D eigenvalue weighted by atomic mass is 10.5. The predicted octanol–water partition coefficient (Wildman–Crippen LogP) is 0.783. The summed E-state index contributed by atoms with van der Waals surface area (Å²) in [6, 6.07) is 4.33. The van der Waals surface area contributed by atoms with Crippen LogP contribution in [0, 0.1) is 6.92 Å². The summed E-state index contributed by atoms with van der Waals surface area (Å²) >= 11 is 1.07. The Kier molecular flexibility index (Phi) is 2.28. The summed E-state index contributed by atoms with van der Waals surface area (Å²) in [5.41, 5.74) is -0.0546. The average molecular weight is 244 g/mol. The van der Waals surface area contributed by atoms with Crippen LogP contribution in [0.5, 0.6) is 0 Å². The lowest BCUT2D eigenvalue weighted by Crippen LogP contribution is -2.24. The molecule has 2 heterocycles. The Bertz CT molecular complexity index is 619. The maximum atomic E-state index is 11.9. The minimum absolute atomic E-state index is 0.145. The van der Waals surface area contributed by atoms with Crippen LogP contribution >= 0.6 is 11.3 Å². The van der Waals surface area contributed by atoms with Crippen molar-refractivity contribution in [3.8, 4) is 0 Å². The third kappa shape index (κ3) is 1.64. The zero-order chi connectivity index (χ0) is 11.1. The quantitative estimate of drug-likeness (QED) is 0.848. The van der Waals surface area contributed by atoms with Crippen molar-refractivity contribution in [2.45, 2.75) is 11.1 Å². The average Bonchev–Trinajstić information content (AvgIpc) is 2.74. The van der Waals surface area contributed by atoms with Crippen LogP contribution in [-0.2, 0) is 10.0 Å². The molecule has 0 unspecified atom stereocenters. The van der Waals surface area contributed by atoms with Crippen LogP contribution in [-0.4, -0.2) is 17.6 Å². The minimum Gasteiger partial charge on any atom is -0.286 e. The Morgan fingerprint density at radius 3 is 2.67 bits per heavy atom. The molecule has 0 aliphatic carbocycles. The van der Waals surface area contributed by atoms with Gasteiger partial charge < -0.3 is 0 Å². The Hall–Kier alpha value is -1.34. The van der Waals surface area contributed by atoms with E-state index in [1.54, 1.807) is 18.4 Å². The first-order chi connectivity index (χ1) is 7.01. The van der Waals surface area contributed by atoms with Crippen molar-refractivity contribution in [3.63, 3.8) is 0 Å². The maximum absolute atomic E-state index is 11.9. The van der Waals surface area contributed by atoms with Crippen molar-refractivity contribution < 1.29 is 8.42 Å². The first kappa shape index (κ1) is 10.2. The van der Waals surface area contributed by atoms with Crippen molar-refractivity contribution in [2.75, 3.05) is 0 Å². The fraction of sp³-hybridized carbons (Fsp3) is 0.125. The summed E-state index contributed by atoms with van der Waals surface area (Å²) in [5.74, 6) is 0. The first-order valence-corrected chi connectivity index (χ1v) is 6.41. The Morgan fingerprint density at radius 2 is 2.20 bits per heavy atom. The van der Waals surface area contributed by atoms with E-state index >= 15 is 0 Å². The number of H-pyrrole nitrogens is 1. The highest BCUT2D eigenvalue weighted by atomic mass is 32.2. The standard InChI is InChI=1S/C8H8N2O3S2/c1-6-5-7(11)10(9-6)15(12,13)8-3-2-4-14-8/h2-5,9H,1H3. The molecule has 2 aromatic heterocycles. The largest absolute Gasteiger partial charge is 0.294 e. The number of aromatic nitrogens is 2. The summed E-state index contributed by atoms with van der Waals surface area (Å²) in [6.45, 7) is 1.63. The van der Waals surface area contributed by atoms with Gasteiger partial charge in [-0.2, -0.15) is 8.42 Å². The lowest BCUT2D eigenvalue weighted by molar-refractivity contribution is 0.579. The van der Waals surface area contributed by atoms with E-state index < -0.39 is 15.6 Å². The number of hydrogen-bond acceptors (Lipinski definition) is 4. The van der Waals surface area contributed by atoms with Gasteiger partial charge in [0.25, 0.3) is 15.6 Å². The summed E-state index contributed by atoms with van der Waals surface area (Å²) in [6.07, 6.45) is 0. The maximum Gasteiger partial charge on any atom is 0.294 e. The van der Waals surface area contributed by atoms with Gasteiger partial charge in [0.05, 0.1) is 0 Å². The second-order valence-corrected chi connectivity index (χ2v) is 5.94. The highest BCUT2D eigenvalue weighted by Crippen LogP contribution is 2.17. The molecule has 0 aromatic carbocycles. The van der Waals surface area contributed by atoms with E-state index in [0.717, 1.165) is 11.3 Å². The van der Waals surface area contributed by atoms with Crippen LogP contribution in [0.3, 0.4) is 0 Å². The van der Waals surface area contributed by atoms with Crippen LogP contribution in [0.4, 0.5) is 0 Å². The van der Waals surface area contributed by atoms with Crippen LogP contribution in [0.1, 0.15) is 5.69 Å². The van der Waals surface area contributed by atoms with Gasteiger partial charge in [0.1, 0.15) is 4.21 Å². The molecule has 1 N–H and O–H groups in total. The number of nitrogens with zero attached hydrogens (tertiary/aromatic N) is 1. The van der Waals surface area contributed by atoms with Gasteiger partial charge >= 0.3 is 0 Å². The zero-order valence-electron chi connectivity index (χ0n) is 7.80. The third-order valence-electron chi connectivity index (χ3n) is 1.81. The van der Waals surface area contributed by atoms with E-state index in [1.807, 2.05) is 0 Å². The highest BCUT2D eigenvalue weighted by Gasteiger charge is 2.20. The van der Waals surface area contributed by atoms with Crippen molar-refractivity contribution in [3.05, 3.63) is 39.6 Å². The normalized spacial score (nSPS) is 11.8. The summed E-state index contributed by atoms with van der Waals surface area (Å²) in [7, 11) is -3.74. The second kappa shape index (κ2) is 3.35. The Balaban J connectivity index is 2.67. The fourth-order valence-corrected chi connectivity index (χ4v) is 3.48. The van der Waals surface area contributed by atoms with Gasteiger partial charge in [-0.05, 0) is 18.4 Å².